The Morgan fingerprint density at radius 3 is 1.83 bits per heavy atom. The molecule has 136 valence electrons. The van der Waals surface area contributed by atoms with Crippen molar-refractivity contribution in [3.63, 3.8) is 0 Å². The highest BCUT2D eigenvalue weighted by atomic mass is 16.7. The van der Waals surface area contributed by atoms with E-state index in [-0.39, 0.29) is 0 Å². The molecule has 0 aromatic heterocycles. The van der Waals surface area contributed by atoms with Gasteiger partial charge in [-0.1, -0.05) is 0 Å². The third-order valence-corrected chi connectivity index (χ3v) is 3.98. The number of aliphatic hydroxyl groups excluding tert-OH is 8. The van der Waals surface area contributed by atoms with Crippen LogP contribution in [0.2, 0.25) is 0 Å². The number of aliphatic hydroxyl groups is 8. The standard InChI is InChI=1S/C12H22O11/c13-1-3-5(15)6(16)9(19)12(22-3)23-10-4(2-14)21-11(20)8(18)7(10)17/h3-20H,1-2H2/t3-,4-,5-,6+,7+,8-,9-,10+,11?,12+/m1/s1. The van der Waals surface area contributed by atoms with Crippen LogP contribution in [0.1, 0.15) is 0 Å². The van der Waals surface area contributed by atoms with Crippen LogP contribution in [0, 0.1) is 0 Å². The summed E-state index contributed by atoms with van der Waals surface area (Å²) in [5.74, 6) is 0. The van der Waals surface area contributed by atoms with Gasteiger partial charge >= 0.3 is 0 Å². The third-order valence-electron chi connectivity index (χ3n) is 3.98. The SMILES string of the molecule is OC[C@H]1O[C@@H](O[C@@H]2[C@@H](O)[C@@H](O)C(O)O[C@@H]2CO)[C@H](O)[C@@H](O)[C@@H]1O. The van der Waals surface area contributed by atoms with Gasteiger partial charge < -0.3 is 55.1 Å². The molecule has 11 nitrogen and oxygen atoms in total. The van der Waals surface area contributed by atoms with Crippen LogP contribution in [-0.2, 0) is 14.2 Å². The van der Waals surface area contributed by atoms with Gasteiger partial charge in [-0.05, 0) is 0 Å². The van der Waals surface area contributed by atoms with Crippen LogP contribution in [-0.4, -0.2) is 115 Å². The van der Waals surface area contributed by atoms with Crippen LogP contribution in [0.4, 0.5) is 0 Å². The summed E-state index contributed by atoms with van der Waals surface area (Å²) < 4.78 is 15.3. The minimum absolute atomic E-state index is 0.667. The molecule has 2 aliphatic heterocycles. The maximum Gasteiger partial charge on any atom is 0.187 e. The maximum absolute atomic E-state index is 9.94. The number of hydrogen-bond donors (Lipinski definition) is 8. The molecule has 0 spiro atoms. The molecule has 0 amide bonds. The first-order valence-corrected chi connectivity index (χ1v) is 7.08. The highest BCUT2D eigenvalue weighted by Crippen LogP contribution is 2.28. The molecule has 8 N–H and O–H groups in total. The zero-order valence-corrected chi connectivity index (χ0v) is 12.0. The van der Waals surface area contributed by atoms with Crippen molar-refractivity contribution in [1.29, 1.82) is 0 Å². The average molecular weight is 342 g/mol. The molecular formula is C12H22O11. The van der Waals surface area contributed by atoms with E-state index in [1.165, 1.54) is 0 Å². The predicted octanol–water partition coefficient (Wildman–Crippen LogP) is -5.40. The summed E-state index contributed by atoms with van der Waals surface area (Å²) in [7, 11) is 0. The Kier molecular flexibility index (Phi) is 6.27. The van der Waals surface area contributed by atoms with Gasteiger partial charge in [-0.3, -0.25) is 0 Å². The van der Waals surface area contributed by atoms with E-state index in [2.05, 4.69) is 0 Å². The molecule has 0 aliphatic carbocycles. The van der Waals surface area contributed by atoms with Crippen molar-refractivity contribution in [2.24, 2.45) is 0 Å². The van der Waals surface area contributed by atoms with Crippen LogP contribution in [0.3, 0.4) is 0 Å². The highest BCUT2D eigenvalue weighted by molar-refractivity contribution is 4.93. The number of ether oxygens (including phenoxy) is 3. The quantitative estimate of drug-likeness (QED) is 0.243. The second-order valence-electron chi connectivity index (χ2n) is 5.53. The Morgan fingerprint density at radius 2 is 1.26 bits per heavy atom. The zero-order valence-electron chi connectivity index (χ0n) is 12.0. The third kappa shape index (κ3) is 3.65. The number of rotatable bonds is 4. The van der Waals surface area contributed by atoms with Gasteiger partial charge in [0.15, 0.2) is 12.6 Å². The molecule has 0 aromatic rings. The van der Waals surface area contributed by atoms with E-state index in [4.69, 9.17) is 19.3 Å². The molecule has 1 unspecified atom stereocenters. The normalized spacial score (nSPS) is 51.7. The van der Waals surface area contributed by atoms with Crippen LogP contribution in [0.5, 0.6) is 0 Å². The lowest BCUT2D eigenvalue weighted by atomic mass is 9.97. The first kappa shape index (κ1) is 18.9. The van der Waals surface area contributed by atoms with Crippen molar-refractivity contribution >= 4 is 0 Å². The van der Waals surface area contributed by atoms with Gasteiger partial charge in [-0.15, -0.1) is 0 Å². The fourth-order valence-corrected chi connectivity index (χ4v) is 2.57. The summed E-state index contributed by atoms with van der Waals surface area (Å²) in [5.41, 5.74) is 0. The molecule has 2 aliphatic rings. The molecule has 23 heavy (non-hydrogen) atoms. The second-order valence-corrected chi connectivity index (χ2v) is 5.53. The first-order chi connectivity index (χ1) is 10.8. The van der Waals surface area contributed by atoms with Gasteiger partial charge in [0.05, 0.1) is 13.2 Å². The number of hydrogen-bond acceptors (Lipinski definition) is 11. The minimum Gasteiger partial charge on any atom is -0.394 e. The molecule has 0 aromatic carbocycles. The van der Waals surface area contributed by atoms with Gasteiger partial charge in [0.1, 0.15) is 48.8 Å². The first-order valence-electron chi connectivity index (χ1n) is 7.08. The van der Waals surface area contributed by atoms with Crippen molar-refractivity contribution < 1.29 is 55.1 Å². The maximum atomic E-state index is 9.94. The monoisotopic (exact) mass is 342 g/mol. The van der Waals surface area contributed by atoms with Crippen LogP contribution in [0.25, 0.3) is 0 Å². The molecule has 0 saturated carbocycles. The molecular weight excluding hydrogens is 320 g/mol. The van der Waals surface area contributed by atoms with Gasteiger partial charge in [0.25, 0.3) is 0 Å². The van der Waals surface area contributed by atoms with Crippen LogP contribution < -0.4 is 0 Å². The second kappa shape index (κ2) is 7.63. The lowest BCUT2D eigenvalue weighted by Crippen LogP contribution is -2.64. The van der Waals surface area contributed by atoms with Gasteiger partial charge in [-0.2, -0.15) is 0 Å². The van der Waals surface area contributed by atoms with Crippen LogP contribution in [0.15, 0.2) is 0 Å². The lowest BCUT2D eigenvalue weighted by molar-refractivity contribution is -0.355. The van der Waals surface area contributed by atoms with Gasteiger partial charge in [0, 0.05) is 0 Å². The van der Waals surface area contributed by atoms with E-state index in [9.17, 15) is 35.7 Å². The van der Waals surface area contributed by atoms with Crippen molar-refractivity contribution in [3.8, 4) is 0 Å². The molecule has 2 fully saturated rings. The van der Waals surface area contributed by atoms with Gasteiger partial charge in [-0.25, -0.2) is 0 Å². The summed E-state index contributed by atoms with van der Waals surface area (Å²) in [6.45, 7) is -1.35. The molecule has 2 heterocycles. The van der Waals surface area contributed by atoms with E-state index in [1.54, 1.807) is 0 Å². The van der Waals surface area contributed by atoms with Crippen LogP contribution >= 0.6 is 0 Å². The Morgan fingerprint density at radius 1 is 0.652 bits per heavy atom. The average Bonchev–Trinajstić information content (AvgIpc) is 2.55. The molecule has 10 atom stereocenters. The molecule has 2 rings (SSSR count). The molecule has 11 heteroatoms. The molecule has 0 bridgehead atoms. The van der Waals surface area contributed by atoms with E-state index in [1.807, 2.05) is 0 Å². The fraction of sp³-hybridized carbons (Fsp3) is 1.00. The molecule has 2 saturated heterocycles. The fourth-order valence-electron chi connectivity index (χ4n) is 2.57. The lowest BCUT2D eigenvalue weighted by Gasteiger charge is -2.45. The smallest absolute Gasteiger partial charge is 0.187 e. The Balaban J connectivity index is 2.11. The highest BCUT2D eigenvalue weighted by Gasteiger charge is 2.50. The summed E-state index contributed by atoms with van der Waals surface area (Å²) >= 11 is 0. The summed E-state index contributed by atoms with van der Waals surface area (Å²) in [5, 5.41) is 76.5. The topological polar surface area (TPSA) is 190 Å². The van der Waals surface area contributed by atoms with E-state index in [0.717, 1.165) is 0 Å². The summed E-state index contributed by atoms with van der Waals surface area (Å²) in [6.07, 6.45) is -15.6. The van der Waals surface area contributed by atoms with E-state index >= 15 is 0 Å². The van der Waals surface area contributed by atoms with E-state index in [0.29, 0.717) is 0 Å². The van der Waals surface area contributed by atoms with Crippen molar-refractivity contribution in [2.75, 3.05) is 13.2 Å². The Bertz CT molecular complexity index is 378. The van der Waals surface area contributed by atoms with Crippen molar-refractivity contribution in [2.45, 2.75) is 61.4 Å². The summed E-state index contributed by atoms with van der Waals surface area (Å²) in [4.78, 5) is 0. The predicted molar refractivity (Wildman–Crippen MR) is 68.6 cm³/mol. The molecule has 0 radical (unpaired) electrons. The minimum atomic E-state index is -1.74. The Labute approximate surface area is 130 Å². The van der Waals surface area contributed by atoms with E-state index < -0.39 is 74.6 Å². The largest absolute Gasteiger partial charge is 0.394 e. The summed E-state index contributed by atoms with van der Waals surface area (Å²) in [6, 6.07) is 0. The van der Waals surface area contributed by atoms with Gasteiger partial charge in [0.2, 0.25) is 0 Å². The zero-order chi connectivity index (χ0) is 17.3. The van der Waals surface area contributed by atoms with Crippen molar-refractivity contribution in [3.05, 3.63) is 0 Å². The Hall–Kier alpha value is -0.440. The van der Waals surface area contributed by atoms with Crippen molar-refractivity contribution in [1.82, 2.24) is 0 Å².